The van der Waals surface area contributed by atoms with Gasteiger partial charge in [-0.05, 0) is 62.4 Å². The molecule has 16 heteroatoms. The number of fused-ring (bicyclic) bond motifs is 3. The number of benzene rings is 1. The highest BCUT2D eigenvalue weighted by atomic mass is 35.5. The third-order valence-corrected chi connectivity index (χ3v) is 9.96. The van der Waals surface area contributed by atoms with Crippen LogP contribution in [0, 0.1) is 6.92 Å². The Morgan fingerprint density at radius 1 is 1.16 bits per heavy atom. The molecule has 2 fully saturated rings. The zero-order valence-electron chi connectivity index (χ0n) is 28.0. The number of nitrogen functional groups attached to an aromatic ring is 1. The topological polar surface area (TPSA) is 115 Å². The number of nitrogens with two attached hydrogens (primary N) is 1. The van der Waals surface area contributed by atoms with Crippen LogP contribution in [0.1, 0.15) is 75.9 Å². The molecule has 1 amide bonds. The molecule has 0 spiro atoms. The van der Waals surface area contributed by atoms with Crippen LogP contribution in [0.25, 0.3) is 0 Å². The molecule has 7 rings (SSSR count). The van der Waals surface area contributed by atoms with Gasteiger partial charge >= 0.3 is 12.2 Å². The van der Waals surface area contributed by atoms with E-state index < -0.39 is 24.0 Å². The van der Waals surface area contributed by atoms with E-state index in [1.54, 1.807) is 18.8 Å². The molecule has 2 saturated heterocycles. The highest BCUT2D eigenvalue weighted by Gasteiger charge is 2.40. The van der Waals surface area contributed by atoms with Crippen LogP contribution in [-0.2, 0) is 37.0 Å². The van der Waals surface area contributed by atoms with Gasteiger partial charge in [-0.15, -0.1) is 0 Å². The minimum Gasteiger partial charge on any atom is -0.467 e. The Hall–Kier alpha value is -3.69. The molecule has 0 aliphatic carbocycles. The second-order valence-electron chi connectivity index (χ2n) is 13.2. The number of hydrogen-bond donors (Lipinski definition) is 1. The number of amides is 1. The van der Waals surface area contributed by atoms with E-state index in [-0.39, 0.29) is 52.5 Å². The van der Waals surface area contributed by atoms with E-state index in [4.69, 9.17) is 26.8 Å². The van der Waals surface area contributed by atoms with Gasteiger partial charge in [-0.1, -0.05) is 11.6 Å². The summed E-state index contributed by atoms with van der Waals surface area (Å²) >= 11 is 6.63. The number of halogens is 5. The first kappa shape index (κ1) is 35.1. The number of hydrogen-bond acceptors (Lipinski definition) is 9. The fourth-order valence-electron chi connectivity index (χ4n) is 7.31. The van der Waals surface area contributed by atoms with Gasteiger partial charge in [-0.25, -0.2) is 4.39 Å². The highest BCUT2D eigenvalue weighted by molar-refractivity contribution is 6.34. The van der Waals surface area contributed by atoms with E-state index in [0.29, 0.717) is 61.4 Å². The van der Waals surface area contributed by atoms with E-state index in [1.165, 1.54) is 43.9 Å². The first-order chi connectivity index (χ1) is 23.2. The van der Waals surface area contributed by atoms with Crippen molar-refractivity contribution in [2.75, 3.05) is 51.5 Å². The smallest absolute Gasteiger partial charge is 0.417 e. The molecule has 6 heterocycles. The molecule has 49 heavy (non-hydrogen) atoms. The number of aryl methyl sites for hydroxylation is 2. The van der Waals surface area contributed by atoms with Crippen LogP contribution in [0.2, 0.25) is 5.02 Å². The molecular weight excluding hydrogens is 668 g/mol. The van der Waals surface area contributed by atoms with Gasteiger partial charge in [0.05, 0.1) is 48.3 Å². The lowest BCUT2D eigenvalue weighted by molar-refractivity contribution is -0.140. The number of anilines is 2. The van der Waals surface area contributed by atoms with Crippen LogP contribution in [0.3, 0.4) is 0 Å². The summed E-state index contributed by atoms with van der Waals surface area (Å²) in [4.78, 5) is 27.3. The van der Waals surface area contributed by atoms with Crippen LogP contribution < -0.4 is 15.4 Å². The maximum atomic E-state index is 14.0. The molecule has 266 valence electrons. The molecule has 2 aromatic heterocycles. The van der Waals surface area contributed by atoms with Gasteiger partial charge in [0, 0.05) is 57.4 Å². The fourth-order valence-corrected chi connectivity index (χ4v) is 7.58. The molecule has 2 N–H and O–H groups in total. The zero-order valence-corrected chi connectivity index (χ0v) is 28.7. The van der Waals surface area contributed by atoms with Crippen LogP contribution in [0.5, 0.6) is 6.01 Å². The molecule has 3 atom stereocenters. The number of nitrogens with zero attached hydrogens (tertiary/aromatic N) is 7. The van der Waals surface area contributed by atoms with Crippen molar-refractivity contribution in [3.63, 3.8) is 0 Å². The molecule has 0 radical (unpaired) electrons. The summed E-state index contributed by atoms with van der Waals surface area (Å²) in [6.45, 7) is 4.66. The Balaban J connectivity index is 0.000000396. The summed E-state index contributed by atoms with van der Waals surface area (Å²) < 4.78 is 67.8. The van der Waals surface area contributed by atoms with Gasteiger partial charge in [-0.2, -0.15) is 28.2 Å². The molecule has 1 aromatic carbocycles. The number of aromatic nitrogens is 4. The first-order valence-electron chi connectivity index (χ1n) is 16.4. The van der Waals surface area contributed by atoms with Crippen LogP contribution in [0.4, 0.5) is 29.1 Å². The predicted molar refractivity (Wildman–Crippen MR) is 175 cm³/mol. The zero-order chi connectivity index (χ0) is 35.2. The normalized spacial score (nSPS) is 22.1. The van der Waals surface area contributed by atoms with Gasteiger partial charge < -0.3 is 25.0 Å². The summed E-state index contributed by atoms with van der Waals surface area (Å²) in [7, 11) is 4.69. The molecular formula is C33H41ClF4N8O3. The molecule has 4 aliphatic rings. The van der Waals surface area contributed by atoms with E-state index in [9.17, 15) is 22.4 Å². The number of alkyl halides is 4. The van der Waals surface area contributed by atoms with Gasteiger partial charge in [0.2, 0.25) is 0 Å². The van der Waals surface area contributed by atoms with E-state index in [0.717, 1.165) is 13.0 Å². The Labute approximate surface area is 287 Å². The van der Waals surface area contributed by atoms with Crippen molar-refractivity contribution >= 4 is 29.0 Å². The van der Waals surface area contributed by atoms with Crippen molar-refractivity contribution in [1.29, 1.82) is 0 Å². The summed E-state index contributed by atoms with van der Waals surface area (Å²) in [6.07, 6.45) is -1.93. The second-order valence-corrected chi connectivity index (χ2v) is 13.6. The second kappa shape index (κ2) is 13.9. The molecule has 0 bridgehead atoms. The lowest BCUT2D eigenvalue weighted by Gasteiger charge is -2.31. The Morgan fingerprint density at radius 3 is 2.63 bits per heavy atom. The molecule has 3 unspecified atom stereocenters. The van der Waals surface area contributed by atoms with Crippen LogP contribution in [0.15, 0.2) is 12.1 Å². The third kappa shape index (κ3) is 7.15. The van der Waals surface area contributed by atoms with Crippen molar-refractivity contribution < 1.29 is 31.8 Å². The first-order valence-corrected chi connectivity index (χ1v) is 16.7. The average molecular weight is 709 g/mol. The number of rotatable bonds is 4. The van der Waals surface area contributed by atoms with Crippen molar-refractivity contribution in [1.82, 2.24) is 29.5 Å². The molecule has 4 aliphatic heterocycles. The van der Waals surface area contributed by atoms with Gasteiger partial charge in [0.25, 0.3) is 5.91 Å². The van der Waals surface area contributed by atoms with E-state index in [2.05, 4.69) is 20.0 Å². The minimum absolute atomic E-state index is 0.0155. The Morgan fingerprint density at radius 2 is 1.94 bits per heavy atom. The lowest BCUT2D eigenvalue weighted by atomic mass is 9.92. The SMILES string of the molecule is COc1nc2c(c(N3CCCn4nc(C(=O)N(C)C)c(Cl)c4C3)n1)COC(c1cc(N)cc(C)c1C(F)(F)F)C2.FC1CC2CCCN2C1. The average Bonchev–Trinajstić information content (AvgIpc) is 3.66. The van der Waals surface area contributed by atoms with Crippen molar-refractivity contribution in [3.05, 3.63) is 56.5 Å². The standard InChI is InChI=1S/C26H29ClF3N7O3.C7H12FN/c1-13-8-14(31)9-15(20(13)26(28,29)30)19-10-17-16(12-40-19)23(33-25(32-17)39-4)36-6-5-7-37-18(11-36)21(27)22(34-37)24(38)35(2)3;8-6-4-7-2-1-3-9(7)5-6/h8-9,19H,5-7,10-12,31H2,1-4H3;6-7H,1-5H2. The molecule has 11 nitrogen and oxygen atoms in total. The number of methoxy groups -OCH3 is 1. The summed E-state index contributed by atoms with van der Waals surface area (Å²) in [6, 6.07) is 3.32. The highest BCUT2D eigenvalue weighted by Crippen LogP contribution is 2.43. The number of ether oxygens (including phenoxy) is 2. The van der Waals surface area contributed by atoms with Crippen molar-refractivity contribution in [2.45, 2.75) is 83.2 Å². The molecule has 0 saturated carbocycles. The van der Waals surface area contributed by atoms with Gasteiger partial charge in [-0.3, -0.25) is 14.4 Å². The number of carbonyl (C=O) groups excluding carboxylic acids is 1. The summed E-state index contributed by atoms with van der Waals surface area (Å²) in [5.41, 5.74) is 7.41. The Kier molecular flexibility index (Phi) is 9.97. The predicted octanol–water partition coefficient (Wildman–Crippen LogP) is 5.36. The summed E-state index contributed by atoms with van der Waals surface area (Å²) in [5.74, 6) is 0.235. The monoisotopic (exact) mass is 708 g/mol. The largest absolute Gasteiger partial charge is 0.467 e. The van der Waals surface area contributed by atoms with E-state index in [1.807, 2.05) is 4.90 Å². The minimum atomic E-state index is -4.58. The third-order valence-electron chi connectivity index (χ3n) is 9.56. The summed E-state index contributed by atoms with van der Waals surface area (Å²) in [5, 5.41) is 4.72. The van der Waals surface area contributed by atoms with Crippen LogP contribution >= 0.6 is 11.6 Å². The quantitative estimate of drug-likeness (QED) is 0.283. The fraction of sp³-hybridized carbons (Fsp3) is 0.576. The van der Waals surface area contributed by atoms with Gasteiger partial charge in [0.15, 0.2) is 5.69 Å². The van der Waals surface area contributed by atoms with E-state index >= 15 is 0 Å². The molecule has 3 aromatic rings. The van der Waals surface area contributed by atoms with Crippen molar-refractivity contribution in [2.24, 2.45) is 0 Å². The maximum absolute atomic E-state index is 14.0. The van der Waals surface area contributed by atoms with Crippen molar-refractivity contribution in [3.8, 4) is 6.01 Å². The van der Waals surface area contributed by atoms with Crippen LogP contribution in [-0.4, -0.2) is 88.5 Å². The Bertz CT molecular complexity index is 1710. The van der Waals surface area contributed by atoms with Gasteiger partial charge in [0.1, 0.15) is 12.0 Å². The maximum Gasteiger partial charge on any atom is 0.417 e. The number of carbonyl (C=O) groups is 1. The lowest BCUT2D eigenvalue weighted by Crippen LogP contribution is -2.29.